The number of carbonyl (C=O) groups is 1. The largest absolute Gasteiger partial charge is 0.348 e. The molecule has 1 saturated heterocycles. The molecule has 154 valence electrons. The summed E-state index contributed by atoms with van der Waals surface area (Å²) in [6, 6.07) is 20.7. The Morgan fingerprint density at radius 1 is 0.931 bits per heavy atom. The normalized spacial score (nSPS) is 16.9. The van der Waals surface area contributed by atoms with Crippen LogP contribution in [0.4, 0.5) is 0 Å². The molecule has 3 rings (SSSR count). The van der Waals surface area contributed by atoms with Crippen LogP contribution in [0.5, 0.6) is 0 Å². The molecule has 0 saturated carbocycles. The van der Waals surface area contributed by atoms with Crippen molar-refractivity contribution in [2.45, 2.75) is 19.9 Å². The average molecular weight is 392 g/mol. The van der Waals surface area contributed by atoms with E-state index in [9.17, 15) is 4.79 Å². The molecule has 1 aliphatic heterocycles. The first-order valence-electron chi connectivity index (χ1n) is 10.6. The van der Waals surface area contributed by atoms with Gasteiger partial charge in [0.15, 0.2) is 0 Å². The summed E-state index contributed by atoms with van der Waals surface area (Å²) in [6.07, 6.45) is 4.40. The molecular weight excluding hydrogens is 358 g/mol. The van der Waals surface area contributed by atoms with E-state index in [-0.39, 0.29) is 11.9 Å². The lowest BCUT2D eigenvalue weighted by Crippen LogP contribution is -2.49. The second-order valence-electron chi connectivity index (χ2n) is 8.09. The van der Waals surface area contributed by atoms with Crippen LogP contribution in [-0.2, 0) is 4.79 Å². The van der Waals surface area contributed by atoms with Gasteiger partial charge in [0.05, 0.1) is 12.6 Å². The lowest BCUT2D eigenvalue weighted by molar-refractivity contribution is -0.123. The predicted octanol–water partition coefficient (Wildman–Crippen LogP) is 3.83. The topological polar surface area (TPSA) is 35.6 Å². The van der Waals surface area contributed by atoms with Crippen molar-refractivity contribution in [2.24, 2.45) is 5.92 Å². The fourth-order valence-corrected chi connectivity index (χ4v) is 3.75. The molecule has 2 aromatic rings. The van der Waals surface area contributed by atoms with Crippen LogP contribution in [0, 0.1) is 5.92 Å². The molecule has 0 bridgehead atoms. The van der Waals surface area contributed by atoms with Crippen LogP contribution < -0.4 is 5.32 Å². The van der Waals surface area contributed by atoms with E-state index in [1.165, 1.54) is 11.1 Å². The average Bonchev–Trinajstić information content (AvgIpc) is 2.74. The third-order valence-electron chi connectivity index (χ3n) is 5.45. The van der Waals surface area contributed by atoms with Crippen molar-refractivity contribution in [3.63, 3.8) is 0 Å². The summed E-state index contributed by atoms with van der Waals surface area (Å²) < 4.78 is 0. The quantitative estimate of drug-likeness (QED) is 0.743. The number of piperazine rings is 1. The molecule has 1 amide bonds. The lowest BCUT2D eigenvalue weighted by atomic mass is 9.96. The van der Waals surface area contributed by atoms with E-state index in [0.29, 0.717) is 12.5 Å². The van der Waals surface area contributed by atoms with Gasteiger partial charge in [-0.25, -0.2) is 0 Å². The number of nitrogens with one attached hydrogen (secondary N) is 1. The standard InChI is InChI=1S/C25H33N3O/c1-21(2)25(23-13-7-4-8-14-23)26-24(29)20-28-18-16-27(17-19-28)15-9-12-22-10-5-3-6-11-22/h3-14,21,25H,15-20H2,1-2H3,(H,26,29)/b12-9+. The molecule has 0 aromatic heterocycles. The Labute approximate surface area is 175 Å². The second kappa shape index (κ2) is 10.9. The van der Waals surface area contributed by atoms with Gasteiger partial charge in [-0.2, -0.15) is 0 Å². The highest BCUT2D eigenvalue weighted by Crippen LogP contribution is 2.21. The molecule has 4 nitrogen and oxygen atoms in total. The Hall–Kier alpha value is -2.43. The van der Waals surface area contributed by atoms with E-state index < -0.39 is 0 Å². The summed E-state index contributed by atoms with van der Waals surface area (Å²) in [5.41, 5.74) is 2.41. The number of carbonyl (C=O) groups excluding carboxylic acids is 1. The Morgan fingerprint density at radius 3 is 2.14 bits per heavy atom. The smallest absolute Gasteiger partial charge is 0.234 e. The Bertz CT molecular complexity index is 765. The van der Waals surface area contributed by atoms with Crippen LogP contribution in [0.2, 0.25) is 0 Å². The van der Waals surface area contributed by atoms with Gasteiger partial charge < -0.3 is 5.32 Å². The maximum absolute atomic E-state index is 12.6. The number of benzene rings is 2. The number of hydrogen-bond donors (Lipinski definition) is 1. The minimum atomic E-state index is 0.0631. The minimum absolute atomic E-state index is 0.0631. The Kier molecular flexibility index (Phi) is 8.03. The third-order valence-corrected chi connectivity index (χ3v) is 5.45. The van der Waals surface area contributed by atoms with Gasteiger partial charge in [0.2, 0.25) is 5.91 Å². The molecule has 1 fully saturated rings. The van der Waals surface area contributed by atoms with E-state index in [1.807, 2.05) is 24.3 Å². The molecule has 2 aromatic carbocycles. The SMILES string of the molecule is CC(C)C(NC(=O)CN1CCN(C/C=C/c2ccccc2)CC1)c1ccccc1. The minimum Gasteiger partial charge on any atom is -0.348 e. The maximum Gasteiger partial charge on any atom is 0.234 e. The summed E-state index contributed by atoms with van der Waals surface area (Å²) >= 11 is 0. The van der Waals surface area contributed by atoms with Crippen LogP contribution in [0.25, 0.3) is 6.08 Å². The first-order valence-corrected chi connectivity index (χ1v) is 10.6. The first kappa shape index (κ1) is 21.3. The van der Waals surface area contributed by atoms with Crippen molar-refractivity contribution in [1.29, 1.82) is 0 Å². The van der Waals surface area contributed by atoms with Crippen LogP contribution in [0.1, 0.15) is 31.0 Å². The van der Waals surface area contributed by atoms with Crippen molar-refractivity contribution in [3.05, 3.63) is 77.9 Å². The van der Waals surface area contributed by atoms with Crippen molar-refractivity contribution < 1.29 is 4.79 Å². The number of hydrogen-bond acceptors (Lipinski definition) is 3. The third kappa shape index (κ3) is 6.84. The molecule has 0 spiro atoms. The van der Waals surface area contributed by atoms with Crippen molar-refractivity contribution in [3.8, 4) is 0 Å². The Morgan fingerprint density at radius 2 is 1.52 bits per heavy atom. The molecule has 29 heavy (non-hydrogen) atoms. The molecule has 1 N–H and O–H groups in total. The first-order chi connectivity index (χ1) is 14.1. The fraction of sp³-hybridized carbons (Fsp3) is 0.400. The van der Waals surface area contributed by atoms with Crippen molar-refractivity contribution in [1.82, 2.24) is 15.1 Å². The monoisotopic (exact) mass is 391 g/mol. The highest BCUT2D eigenvalue weighted by molar-refractivity contribution is 5.78. The Balaban J connectivity index is 1.41. The van der Waals surface area contributed by atoms with E-state index in [0.717, 1.165) is 32.7 Å². The summed E-state index contributed by atoms with van der Waals surface area (Å²) in [4.78, 5) is 17.3. The van der Waals surface area contributed by atoms with Gasteiger partial charge in [-0.3, -0.25) is 14.6 Å². The van der Waals surface area contributed by atoms with Gasteiger partial charge in [-0.1, -0.05) is 86.7 Å². The van der Waals surface area contributed by atoms with Crippen molar-refractivity contribution in [2.75, 3.05) is 39.3 Å². The van der Waals surface area contributed by atoms with Gasteiger partial charge in [-0.15, -0.1) is 0 Å². The van der Waals surface area contributed by atoms with E-state index in [2.05, 4.69) is 77.5 Å². The summed E-state index contributed by atoms with van der Waals surface area (Å²) in [7, 11) is 0. The highest BCUT2D eigenvalue weighted by Gasteiger charge is 2.22. The molecule has 1 aliphatic rings. The summed E-state index contributed by atoms with van der Waals surface area (Å²) in [5.74, 6) is 0.472. The molecule has 0 aliphatic carbocycles. The zero-order valence-electron chi connectivity index (χ0n) is 17.6. The molecular formula is C25H33N3O. The van der Waals surface area contributed by atoms with Gasteiger partial charge >= 0.3 is 0 Å². The van der Waals surface area contributed by atoms with E-state index in [1.54, 1.807) is 0 Å². The van der Waals surface area contributed by atoms with Crippen LogP contribution in [0.3, 0.4) is 0 Å². The highest BCUT2D eigenvalue weighted by atomic mass is 16.2. The van der Waals surface area contributed by atoms with Crippen LogP contribution >= 0.6 is 0 Å². The lowest BCUT2D eigenvalue weighted by Gasteiger charge is -2.34. The predicted molar refractivity (Wildman–Crippen MR) is 121 cm³/mol. The summed E-state index contributed by atoms with van der Waals surface area (Å²) in [5, 5.41) is 3.24. The van der Waals surface area contributed by atoms with Crippen molar-refractivity contribution >= 4 is 12.0 Å². The molecule has 4 heteroatoms. The molecule has 1 atom stereocenters. The molecule has 0 radical (unpaired) electrons. The van der Waals surface area contributed by atoms with Gasteiger partial charge in [0, 0.05) is 32.7 Å². The molecule has 1 unspecified atom stereocenters. The van der Waals surface area contributed by atoms with Gasteiger partial charge in [-0.05, 0) is 17.0 Å². The van der Waals surface area contributed by atoms with E-state index in [4.69, 9.17) is 0 Å². The fourth-order valence-electron chi connectivity index (χ4n) is 3.75. The van der Waals surface area contributed by atoms with Crippen LogP contribution in [0.15, 0.2) is 66.7 Å². The number of rotatable bonds is 8. The van der Waals surface area contributed by atoms with Gasteiger partial charge in [0.25, 0.3) is 0 Å². The van der Waals surface area contributed by atoms with Crippen LogP contribution in [-0.4, -0.2) is 55.0 Å². The number of nitrogens with zero attached hydrogens (tertiary/aromatic N) is 2. The second-order valence-corrected chi connectivity index (χ2v) is 8.09. The summed E-state index contributed by atoms with van der Waals surface area (Å²) in [6.45, 7) is 9.60. The van der Waals surface area contributed by atoms with Gasteiger partial charge in [0.1, 0.15) is 0 Å². The maximum atomic E-state index is 12.6. The zero-order chi connectivity index (χ0) is 20.5. The molecule has 1 heterocycles. The number of amides is 1. The zero-order valence-corrected chi connectivity index (χ0v) is 17.6. The van der Waals surface area contributed by atoms with E-state index >= 15 is 0 Å².